The third-order valence-corrected chi connectivity index (χ3v) is 3.37. The number of benzene rings is 1. The predicted molar refractivity (Wildman–Crippen MR) is 89.7 cm³/mol. The number of hydrogen-bond donors (Lipinski definition) is 1. The number of amides is 1. The van der Waals surface area contributed by atoms with Crippen LogP contribution < -0.4 is 14.8 Å². The summed E-state index contributed by atoms with van der Waals surface area (Å²) in [6.45, 7) is 5.39. The number of nitriles is 1. The van der Waals surface area contributed by atoms with Crippen LogP contribution in [0.25, 0.3) is 0 Å². The van der Waals surface area contributed by atoms with Gasteiger partial charge in [-0.15, -0.1) is 0 Å². The molecule has 0 unspecified atom stereocenters. The SMILES string of the molecule is CCCCCOc1c(Cl)cc(CNC(=O)CC#N)cc1OCC. The average molecular weight is 339 g/mol. The van der Waals surface area contributed by atoms with E-state index in [4.69, 9.17) is 26.3 Å². The molecule has 126 valence electrons. The number of halogens is 1. The van der Waals surface area contributed by atoms with Gasteiger partial charge in [0.2, 0.25) is 5.91 Å². The first-order chi connectivity index (χ1) is 11.1. The predicted octanol–water partition coefficient (Wildman–Crippen LogP) is 3.84. The molecule has 0 spiro atoms. The Hall–Kier alpha value is -1.93. The summed E-state index contributed by atoms with van der Waals surface area (Å²) >= 11 is 6.29. The van der Waals surface area contributed by atoms with Gasteiger partial charge >= 0.3 is 0 Å². The molecule has 1 rings (SSSR count). The van der Waals surface area contributed by atoms with Crippen LogP contribution >= 0.6 is 11.6 Å². The lowest BCUT2D eigenvalue weighted by Crippen LogP contribution is -2.21. The zero-order chi connectivity index (χ0) is 17.1. The van der Waals surface area contributed by atoms with Gasteiger partial charge in [0.25, 0.3) is 0 Å². The lowest BCUT2D eigenvalue weighted by atomic mass is 10.2. The van der Waals surface area contributed by atoms with E-state index in [1.54, 1.807) is 18.2 Å². The van der Waals surface area contributed by atoms with E-state index in [1.165, 1.54) is 0 Å². The van der Waals surface area contributed by atoms with Gasteiger partial charge in [0.05, 0.1) is 24.3 Å². The third kappa shape index (κ3) is 6.79. The Morgan fingerprint density at radius 2 is 2.09 bits per heavy atom. The van der Waals surface area contributed by atoms with E-state index < -0.39 is 0 Å². The van der Waals surface area contributed by atoms with Gasteiger partial charge in [-0.1, -0.05) is 31.4 Å². The standard InChI is InChI=1S/C17H23ClN2O3/c1-3-5-6-9-23-17-14(18)10-13(11-15(17)22-4-2)12-20-16(21)7-8-19/h10-11H,3-7,9,12H2,1-2H3,(H,20,21). The van der Waals surface area contributed by atoms with E-state index >= 15 is 0 Å². The summed E-state index contributed by atoms with van der Waals surface area (Å²) in [5.41, 5.74) is 0.797. The van der Waals surface area contributed by atoms with Crippen molar-refractivity contribution in [1.29, 1.82) is 5.26 Å². The van der Waals surface area contributed by atoms with Crippen molar-refractivity contribution in [2.75, 3.05) is 13.2 Å². The highest BCUT2D eigenvalue weighted by Gasteiger charge is 2.13. The Labute approximate surface area is 142 Å². The van der Waals surface area contributed by atoms with Crippen molar-refractivity contribution in [3.63, 3.8) is 0 Å². The number of hydrogen-bond acceptors (Lipinski definition) is 4. The van der Waals surface area contributed by atoms with Crippen LogP contribution in [0.15, 0.2) is 12.1 Å². The summed E-state index contributed by atoms with van der Waals surface area (Å²) in [6.07, 6.45) is 3.02. The van der Waals surface area contributed by atoms with Crippen LogP contribution in [-0.2, 0) is 11.3 Å². The summed E-state index contributed by atoms with van der Waals surface area (Å²) in [7, 11) is 0. The number of rotatable bonds is 10. The molecule has 0 saturated carbocycles. The first-order valence-electron chi connectivity index (χ1n) is 7.84. The van der Waals surface area contributed by atoms with Crippen molar-refractivity contribution in [2.45, 2.75) is 46.1 Å². The van der Waals surface area contributed by atoms with Gasteiger partial charge in [0.15, 0.2) is 11.5 Å². The molecular weight excluding hydrogens is 316 g/mol. The molecule has 6 heteroatoms. The molecule has 0 fully saturated rings. The third-order valence-electron chi connectivity index (χ3n) is 3.09. The van der Waals surface area contributed by atoms with Gasteiger partial charge in [0, 0.05) is 6.54 Å². The van der Waals surface area contributed by atoms with E-state index in [1.807, 2.05) is 6.92 Å². The number of nitrogens with zero attached hydrogens (tertiary/aromatic N) is 1. The number of carbonyl (C=O) groups is 1. The topological polar surface area (TPSA) is 71.3 Å². The summed E-state index contributed by atoms with van der Waals surface area (Å²) in [6, 6.07) is 5.35. The van der Waals surface area contributed by atoms with Crippen molar-refractivity contribution in [1.82, 2.24) is 5.32 Å². The van der Waals surface area contributed by atoms with Crippen LogP contribution in [0.3, 0.4) is 0 Å². The van der Waals surface area contributed by atoms with Crippen LogP contribution in [0.1, 0.15) is 45.1 Å². The highest BCUT2D eigenvalue weighted by molar-refractivity contribution is 6.32. The second-order valence-electron chi connectivity index (χ2n) is 5.01. The molecule has 0 heterocycles. The van der Waals surface area contributed by atoms with Gasteiger partial charge in [-0.25, -0.2) is 0 Å². The maximum absolute atomic E-state index is 11.4. The second kappa shape index (κ2) is 10.7. The van der Waals surface area contributed by atoms with Gasteiger partial charge in [0.1, 0.15) is 6.42 Å². The molecule has 0 aliphatic heterocycles. The summed E-state index contributed by atoms with van der Waals surface area (Å²) in [4.78, 5) is 11.4. The van der Waals surface area contributed by atoms with Gasteiger partial charge in [-0.05, 0) is 31.0 Å². The number of nitrogens with one attached hydrogen (secondary N) is 1. The molecular formula is C17H23ClN2O3. The Morgan fingerprint density at radius 3 is 2.74 bits per heavy atom. The Bertz CT molecular complexity index is 556. The van der Waals surface area contributed by atoms with E-state index in [2.05, 4.69) is 12.2 Å². The zero-order valence-corrected chi connectivity index (χ0v) is 14.4. The molecule has 0 saturated heterocycles. The quantitative estimate of drug-likeness (QED) is 0.658. The summed E-state index contributed by atoms with van der Waals surface area (Å²) < 4.78 is 11.3. The monoisotopic (exact) mass is 338 g/mol. The van der Waals surface area contributed by atoms with Crippen LogP contribution in [-0.4, -0.2) is 19.1 Å². The van der Waals surface area contributed by atoms with Crippen molar-refractivity contribution >= 4 is 17.5 Å². The molecule has 0 aliphatic rings. The zero-order valence-electron chi connectivity index (χ0n) is 13.7. The minimum atomic E-state index is -0.318. The van der Waals surface area contributed by atoms with Gasteiger partial charge in [-0.2, -0.15) is 5.26 Å². The first kappa shape index (κ1) is 19.1. The number of carbonyl (C=O) groups excluding carboxylic acids is 1. The van der Waals surface area contributed by atoms with E-state index in [9.17, 15) is 4.79 Å². The van der Waals surface area contributed by atoms with Gasteiger partial charge in [-0.3, -0.25) is 4.79 Å². The first-order valence-corrected chi connectivity index (χ1v) is 8.21. The highest BCUT2D eigenvalue weighted by atomic mass is 35.5. The Morgan fingerprint density at radius 1 is 1.30 bits per heavy atom. The molecule has 0 aliphatic carbocycles. The highest BCUT2D eigenvalue weighted by Crippen LogP contribution is 2.36. The second-order valence-corrected chi connectivity index (χ2v) is 5.41. The van der Waals surface area contributed by atoms with Crippen molar-refractivity contribution in [3.05, 3.63) is 22.7 Å². The van der Waals surface area contributed by atoms with Crippen LogP contribution in [0.4, 0.5) is 0 Å². The van der Waals surface area contributed by atoms with Gasteiger partial charge < -0.3 is 14.8 Å². The van der Waals surface area contributed by atoms with Crippen molar-refractivity contribution in [2.24, 2.45) is 0 Å². The van der Waals surface area contributed by atoms with Crippen LogP contribution in [0.5, 0.6) is 11.5 Å². The fraction of sp³-hybridized carbons (Fsp3) is 0.529. The maximum atomic E-state index is 11.4. The molecule has 1 N–H and O–H groups in total. The lowest BCUT2D eigenvalue weighted by molar-refractivity contribution is -0.120. The Balaban J connectivity index is 2.79. The summed E-state index contributed by atoms with van der Waals surface area (Å²) in [5, 5.41) is 11.6. The normalized spacial score (nSPS) is 10.0. The lowest BCUT2D eigenvalue weighted by Gasteiger charge is -2.15. The molecule has 0 bridgehead atoms. The molecule has 0 aromatic heterocycles. The molecule has 23 heavy (non-hydrogen) atoms. The number of ether oxygens (including phenoxy) is 2. The van der Waals surface area contributed by atoms with Crippen molar-refractivity contribution in [3.8, 4) is 17.6 Å². The summed E-state index contributed by atoms with van der Waals surface area (Å²) in [5.74, 6) is 0.791. The van der Waals surface area contributed by atoms with Crippen LogP contribution in [0.2, 0.25) is 5.02 Å². The Kier molecular flexibility index (Phi) is 8.93. The minimum Gasteiger partial charge on any atom is -0.490 e. The minimum absolute atomic E-state index is 0.162. The molecule has 5 nitrogen and oxygen atoms in total. The number of unbranched alkanes of at least 4 members (excludes halogenated alkanes) is 2. The largest absolute Gasteiger partial charge is 0.490 e. The molecule has 1 aromatic carbocycles. The van der Waals surface area contributed by atoms with E-state index in [-0.39, 0.29) is 18.9 Å². The van der Waals surface area contributed by atoms with Crippen LogP contribution in [0, 0.1) is 11.3 Å². The van der Waals surface area contributed by atoms with E-state index in [0.717, 1.165) is 24.8 Å². The van der Waals surface area contributed by atoms with Crippen molar-refractivity contribution < 1.29 is 14.3 Å². The van der Waals surface area contributed by atoms with E-state index in [0.29, 0.717) is 29.7 Å². The average Bonchev–Trinajstić information content (AvgIpc) is 2.52. The maximum Gasteiger partial charge on any atom is 0.234 e. The molecule has 0 atom stereocenters. The molecule has 1 aromatic rings. The fourth-order valence-electron chi connectivity index (χ4n) is 1.99. The fourth-order valence-corrected chi connectivity index (χ4v) is 2.28. The molecule has 1 amide bonds. The smallest absolute Gasteiger partial charge is 0.234 e. The molecule has 0 radical (unpaired) electrons.